The summed E-state index contributed by atoms with van der Waals surface area (Å²) in [6, 6.07) is 18.0. The smallest absolute Gasteiger partial charge is 0.224 e. The summed E-state index contributed by atoms with van der Waals surface area (Å²) >= 11 is 0. The highest BCUT2D eigenvalue weighted by atomic mass is 16.6. The molecule has 2 saturated heterocycles. The van der Waals surface area contributed by atoms with Gasteiger partial charge in [-0.05, 0) is 62.0 Å². The Labute approximate surface area is 315 Å². The Hall–Kier alpha value is -3.93. The number of nitrogens with zero attached hydrogens (tertiary/aromatic N) is 2. The fourth-order valence-corrected chi connectivity index (χ4v) is 7.03. The van der Waals surface area contributed by atoms with E-state index >= 15 is 0 Å². The van der Waals surface area contributed by atoms with Crippen molar-refractivity contribution in [3.8, 4) is 0 Å². The summed E-state index contributed by atoms with van der Waals surface area (Å²) < 4.78 is 11.0. The highest BCUT2D eigenvalue weighted by Crippen LogP contribution is 2.31. The normalized spacial score (nSPS) is 20.0. The molecule has 0 spiro atoms. The minimum Gasteiger partial charge on any atom is -0.411 e. The summed E-state index contributed by atoms with van der Waals surface area (Å²) in [5.74, 6) is -2.02. The topological polar surface area (TPSA) is 150 Å². The van der Waals surface area contributed by atoms with Crippen LogP contribution in [0.5, 0.6) is 0 Å². The highest BCUT2D eigenvalue weighted by molar-refractivity contribution is 6.01. The van der Waals surface area contributed by atoms with Crippen LogP contribution in [0.2, 0.25) is 0 Å². The van der Waals surface area contributed by atoms with Crippen LogP contribution >= 0.6 is 0 Å². The number of benzene rings is 2. The summed E-state index contributed by atoms with van der Waals surface area (Å²) in [4.78, 5) is 57.9. The molecule has 5 atom stereocenters. The van der Waals surface area contributed by atoms with Crippen LogP contribution < -0.4 is 10.6 Å². The first-order chi connectivity index (χ1) is 25.4. The summed E-state index contributed by atoms with van der Waals surface area (Å²) in [5.41, 5.74) is 1.58. The summed E-state index contributed by atoms with van der Waals surface area (Å²) in [7, 11) is 0. The number of carbonyl (C=O) groups is 4. The molecule has 4 rings (SSSR count). The molecule has 0 unspecified atom stereocenters. The number of epoxide rings is 1. The molecular formula is C42H60N4O7. The van der Waals surface area contributed by atoms with E-state index in [9.17, 15) is 24.4 Å². The molecule has 11 heteroatoms. The molecule has 0 bridgehead atoms. The number of ether oxygens (including phenoxy) is 2. The van der Waals surface area contributed by atoms with Crippen LogP contribution in [0, 0.1) is 23.7 Å². The van der Waals surface area contributed by atoms with Crippen molar-refractivity contribution >= 4 is 29.1 Å². The number of morpholine rings is 1. The average molecular weight is 733 g/mol. The Morgan fingerprint density at radius 2 is 1.36 bits per heavy atom. The lowest BCUT2D eigenvalue weighted by Crippen LogP contribution is -2.50. The summed E-state index contributed by atoms with van der Waals surface area (Å²) in [6.45, 7) is 13.0. The fourth-order valence-electron chi connectivity index (χ4n) is 7.03. The first kappa shape index (κ1) is 41.8. The van der Waals surface area contributed by atoms with Crippen molar-refractivity contribution in [2.45, 2.75) is 97.2 Å². The molecule has 0 aliphatic carbocycles. The van der Waals surface area contributed by atoms with Gasteiger partial charge in [0.2, 0.25) is 11.8 Å². The zero-order valence-corrected chi connectivity index (χ0v) is 32.2. The van der Waals surface area contributed by atoms with Crippen molar-refractivity contribution in [2.75, 3.05) is 39.5 Å². The van der Waals surface area contributed by atoms with E-state index in [1.165, 1.54) is 0 Å². The number of rotatable bonds is 22. The van der Waals surface area contributed by atoms with Crippen LogP contribution in [-0.2, 0) is 41.5 Å². The number of carbonyl (C=O) groups excluding carboxylic acids is 4. The van der Waals surface area contributed by atoms with Gasteiger partial charge in [0, 0.05) is 37.8 Å². The molecule has 3 N–H and O–H groups in total. The van der Waals surface area contributed by atoms with E-state index in [0.29, 0.717) is 70.7 Å². The second-order valence-corrected chi connectivity index (χ2v) is 15.8. The van der Waals surface area contributed by atoms with E-state index < -0.39 is 29.5 Å². The third kappa shape index (κ3) is 13.8. The Morgan fingerprint density at radius 1 is 0.811 bits per heavy atom. The fraction of sp³-hybridized carbons (Fsp3) is 0.595. The number of nitrogens with one attached hydrogen (secondary N) is 2. The van der Waals surface area contributed by atoms with E-state index in [0.717, 1.165) is 11.1 Å². The Morgan fingerprint density at radius 3 is 1.92 bits per heavy atom. The van der Waals surface area contributed by atoms with Crippen LogP contribution in [0.25, 0.3) is 0 Å². The van der Waals surface area contributed by atoms with Crippen LogP contribution in [0.1, 0.15) is 77.8 Å². The van der Waals surface area contributed by atoms with Gasteiger partial charge in [-0.15, -0.1) is 0 Å². The van der Waals surface area contributed by atoms with Gasteiger partial charge in [0.25, 0.3) is 0 Å². The van der Waals surface area contributed by atoms with Gasteiger partial charge in [0.1, 0.15) is 17.1 Å². The number of hydrogen-bond donors (Lipinski definition) is 3. The van der Waals surface area contributed by atoms with Gasteiger partial charge in [-0.1, -0.05) is 93.5 Å². The molecule has 2 heterocycles. The lowest BCUT2D eigenvalue weighted by atomic mass is 9.87. The third-order valence-corrected chi connectivity index (χ3v) is 10.1. The number of amides is 2. The van der Waals surface area contributed by atoms with Gasteiger partial charge >= 0.3 is 0 Å². The number of Topliss-reactive ketones (excluding diaryl/α,β-unsaturated/α-hetero) is 2. The summed E-state index contributed by atoms with van der Waals surface area (Å²) in [6.07, 6.45) is 2.28. The first-order valence-corrected chi connectivity index (χ1v) is 19.3. The molecule has 0 saturated carbocycles. The zero-order chi connectivity index (χ0) is 38.4. The van der Waals surface area contributed by atoms with Gasteiger partial charge in [-0.2, -0.15) is 0 Å². The lowest BCUT2D eigenvalue weighted by molar-refractivity contribution is -0.134. The van der Waals surface area contributed by atoms with E-state index in [2.05, 4.69) is 20.7 Å². The molecule has 0 aromatic heterocycles. The number of hydrogen-bond acceptors (Lipinski definition) is 9. The minimum atomic E-state index is -0.832. The molecule has 290 valence electrons. The van der Waals surface area contributed by atoms with Crippen molar-refractivity contribution in [3.05, 3.63) is 71.8 Å². The zero-order valence-electron chi connectivity index (χ0n) is 32.2. The lowest BCUT2D eigenvalue weighted by Gasteiger charge is -2.28. The maximum absolute atomic E-state index is 14.3. The largest absolute Gasteiger partial charge is 0.411 e. The van der Waals surface area contributed by atoms with Crippen molar-refractivity contribution in [3.63, 3.8) is 0 Å². The van der Waals surface area contributed by atoms with E-state index in [1.54, 1.807) is 0 Å². The molecule has 53 heavy (non-hydrogen) atoms. The predicted molar refractivity (Wildman–Crippen MR) is 205 cm³/mol. The average Bonchev–Trinajstić information content (AvgIpc) is 3.87. The molecule has 11 nitrogen and oxygen atoms in total. The van der Waals surface area contributed by atoms with Gasteiger partial charge in [-0.3, -0.25) is 24.1 Å². The maximum Gasteiger partial charge on any atom is 0.224 e. The highest BCUT2D eigenvalue weighted by Gasteiger charge is 2.49. The predicted octanol–water partition coefficient (Wildman–Crippen LogP) is 5.03. The van der Waals surface area contributed by atoms with Crippen LogP contribution in [0.4, 0.5) is 0 Å². The number of oxime groups is 1. The van der Waals surface area contributed by atoms with Crippen molar-refractivity contribution in [2.24, 2.45) is 28.8 Å². The molecule has 2 aromatic carbocycles. The van der Waals surface area contributed by atoms with Gasteiger partial charge in [-0.25, -0.2) is 0 Å². The molecule has 2 fully saturated rings. The molecule has 2 aliphatic heterocycles. The quantitative estimate of drug-likeness (QED) is 0.0661. The van der Waals surface area contributed by atoms with Crippen LogP contribution in [-0.4, -0.2) is 96.3 Å². The Balaban J connectivity index is 1.53. The molecule has 2 amide bonds. The van der Waals surface area contributed by atoms with E-state index in [4.69, 9.17) is 9.47 Å². The standard InChI is InChI=1S/C42H60N4O7/c1-29(2)22-36(43-40(49)33(17-16-31-12-8-6-9-13-31)25-35(47)27-46-18-20-52-21-19-46)38(48)26-34(24-32-14-10-7-11-15-32)41(50)44-37(23-30(3)4)39(45-51)42(5)28-53-42/h6-15,29-30,33-34,36-37,51H,16-28H2,1-5H3,(H,43,49)(H,44,50)/b45-39-/t33-,34-,36+,37+,42-/m1/s1. The van der Waals surface area contributed by atoms with Crippen molar-refractivity contribution < 1.29 is 33.9 Å². The number of aryl methyl sites for hydroxylation is 1. The van der Waals surface area contributed by atoms with E-state index in [1.807, 2.05) is 95.3 Å². The van der Waals surface area contributed by atoms with Crippen LogP contribution in [0.15, 0.2) is 65.8 Å². The summed E-state index contributed by atoms with van der Waals surface area (Å²) in [5, 5.41) is 19.7. The Kier molecular flexibility index (Phi) is 16.2. The van der Waals surface area contributed by atoms with Crippen molar-refractivity contribution in [1.29, 1.82) is 0 Å². The molecule has 2 aliphatic rings. The van der Waals surface area contributed by atoms with Gasteiger partial charge < -0.3 is 25.3 Å². The van der Waals surface area contributed by atoms with Crippen LogP contribution in [0.3, 0.4) is 0 Å². The first-order valence-electron chi connectivity index (χ1n) is 19.3. The van der Waals surface area contributed by atoms with Gasteiger partial charge in [0.05, 0.1) is 38.4 Å². The monoisotopic (exact) mass is 732 g/mol. The molecular weight excluding hydrogens is 672 g/mol. The van der Waals surface area contributed by atoms with E-state index in [-0.39, 0.29) is 54.6 Å². The SMILES string of the molecule is CC(C)C[C@H](NC(=O)[C@H](CCc1ccccc1)CC(=O)CN1CCOCC1)C(=O)C[C@@H](Cc1ccccc1)C(=O)N[C@@H](CC(C)C)/C(=N/O)[C@@]1(C)CO1. The third-order valence-electron chi connectivity index (χ3n) is 10.1. The second-order valence-electron chi connectivity index (χ2n) is 15.8. The molecule has 2 aromatic rings. The minimum absolute atomic E-state index is 0.0151. The Bertz CT molecular complexity index is 1500. The second kappa shape index (κ2) is 20.5. The maximum atomic E-state index is 14.3. The number of ketones is 2. The molecule has 0 radical (unpaired) electrons. The van der Waals surface area contributed by atoms with Crippen molar-refractivity contribution in [1.82, 2.24) is 15.5 Å². The van der Waals surface area contributed by atoms with Gasteiger partial charge in [0.15, 0.2) is 5.78 Å².